The summed E-state index contributed by atoms with van der Waals surface area (Å²) in [5.74, 6) is 0.342. The molecular formula is C24H22O6. The monoisotopic (exact) mass is 406 g/mol. The summed E-state index contributed by atoms with van der Waals surface area (Å²) in [5, 5.41) is 0. The summed E-state index contributed by atoms with van der Waals surface area (Å²) < 4.78 is 21.4. The minimum Gasteiger partial charge on any atom is -0.493 e. The molecule has 6 nitrogen and oxygen atoms in total. The zero-order valence-electron chi connectivity index (χ0n) is 16.8. The van der Waals surface area contributed by atoms with Gasteiger partial charge in [-0.05, 0) is 35.9 Å². The molecule has 0 fully saturated rings. The van der Waals surface area contributed by atoms with Crippen LogP contribution in [0.15, 0.2) is 72.8 Å². The average Bonchev–Trinajstić information content (AvgIpc) is 2.81. The molecule has 0 amide bonds. The molecule has 0 spiro atoms. The number of methoxy groups -OCH3 is 2. The van der Waals surface area contributed by atoms with Crippen LogP contribution in [-0.4, -0.2) is 32.6 Å². The molecule has 0 heterocycles. The SMILES string of the molecule is COc1ccc(C(=O)COC(=O)c2ccccc2OCc2ccccc2)cc1OC. The number of carbonyl (C=O) groups is 2. The van der Waals surface area contributed by atoms with Crippen molar-refractivity contribution in [3.63, 3.8) is 0 Å². The van der Waals surface area contributed by atoms with Gasteiger partial charge in [-0.2, -0.15) is 0 Å². The first-order valence-electron chi connectivity index (χ1n) is 9.30. The average molecular weight is 406 g/mol. The van der Waals surface area contributed by atoms with E-state index in [0.29, 0.717) is 29.4 Å². The number of ether oxygens (including phenoxy) is 4. The first-order chi connectivity index (χ1) is 14.6. The van der Waals surface area contributed by atoms with Crippen LogP contribution in [0.1, 0.15) is 26.3 Å². The van der Waals surface area contributed by atoms with Gasteiger partial charge in [0.1, 0.15) is 17.9 Å². The molecule has 0 unspecified atom stereocenters. The Morgan fingerprint density at radius 3 is 2.20 bits per heavy atom. The van der Waals surface area contributed by atoms with Gasteiger partial charge in [-0.25, -0.2) is 4.79 Å². The Morgan fingerprint density at radius 1 is 0.767 bits per heavy atom. The second-order valence-corrected chi connectivity index (χ2v) is 6.34. The molecule has 3 aromatic rings. The van der Waals surface area contributed by atoms with Crippen molar-refractivity contribution in [2.45, 2.75) is 6.61 Å². The van der Waals surface area contributed by atoms with Crippen LogP contribution >= 0.6 is 0 Å². The maximum Gasteiger partial charge on any atom is 0.342 e. The molecule has 0 atom stereocenters. The highest BCUT2D eigenvalue weighted by atomic mass is 16.5. The van der Waals surface area contributed by atoms with Gasteiger partial charge >= 0.3 is 5.97 Å². The van der Waals surface area contributed by atoms with Crippen LogP contribution in [0.3, 0.4) is 0 Å². The first-order valence-corrected chi connectivity index (χ1v) is 9.30. The van der Waals surface area contributed by atoms with Crippen LogP contribution < -0.4 is 14.2 Å². The minimum absolute atomic E-state index is 0.258. The second-order valence-electron chi connectivity index (χ2n) is 6.34. The number of hydrogen-bond donors (Lipinski definition) is 0. The Kier molecular flexibility index (Phi) is 7.05. The molecule has 0 saturated heterocycles. The summed E-state index contributed by atoms with van der Waals surface area (Å²) in [5.41, 5.74) is 1.59. The van der Waals surface area contributed by atoms with E-state index in [1.807, 2.05) is 30.3 Å². The normalized spacial score (nSPS) is 10.2. The number of benzene rings is 3. The third kappa shape index (κ3) is 5.17. The number of esters is 1. The van der Waals surface area contributed by atoms with Gasteiger partial charge in [0, 0.05) is 5.56 Å². The molecule has 0 N–H and O–H groups in total. The molecule has 0 aliphatic heterocycles. The van der Waals surface area contributed by atoms with Crippen molar-refractivity contribution in [2.75, 3.05) is 20.8 Å². The van der Waals surface area contributed by atoms with Crippen molar-refractivity contribution in [2.24, 2.45) is 0 Å². The fourth-order valence-corrected chi connectivity index (χ4v) is 2.80. The molecule has 3 aromatic carbocycles. The molecule has 0 radical (unpaired) electrons. The molecule has 0 aromatic heterocycles. The summed E-state index contributed by atoms with van der Waals surface area (Å²) in [6, 6.07) is 21.2. The van der Waals surface area contributed by atoms with E-state index in [2.05, 4.69) is 0 Å². The van der Waals surface area contributed by atoms with Gasteiger partial charge in [0.15, 0.2) is 23.9 Å². The van der Waals surface area contributed by atoms with E-state index < -0.39 is 12.6 Å². The summed E-state index contributed by atoms with van der Waals surface area (Å²) in [4.78, 5) is 25.0. The third-order valence-electron chi connectivity index (χ3n) is 4.38. The quantitative estimate of drug-likeness (QED) is 0.389. The Bertz CT molecular complexity index is 1010. The molecule has 0 bridgehead atoms. The van der Waals surface area contributed by atoms with Crippen LogP contribution in [-0.2, 0) is 11.3 Å². The van der Waals surface area contributed by atoms with Gasteiger partial charge in [-0.15, -0.1) is 0 Å². The van der Waals surface area contributed by atoms with E-state index in [1.165, 1.54) is 14.2 Å². The Hall–Kier alpha value is -3.80. The lowest BCUT2D eigenvalue weighted by atomic mass is 10.1. The zero-order chi connectivity index (χ0) is 21.3. The van der Waals surface area contributed by atoms with Crippen LogP contribution in [0.25, 0.3) is 0 Å². The molecule has 30 heavy (non-hydrogen) atoms. The van der Waals surface area contributed by atoms with Gasteiger partial charge in [-0.3, -0.25) is 4.79 Å². The third-order valence-corrected chi connectivity index (χ3v) is 4.38. The molecule has 6 heteroatoms. The summed E-state index contributed by atoms with van der Waals surface area (Å²) in [6.07, 6.45) is 0. The first kappa shape index (κ1) is 20.9. The largest absolute Gasteiger partial charge is 0.493 e. The molecular weight excluding hydrogens is 384 g/mol. The van der Waals surface area contributed by atoms with Gasteiger partial charge in [0.2, 0.25) is 0 Å². The van der Waals surface area contributed by atoms with Crippen molar-refractivity contribution in [3.05, 3.63) is 89.5 Å². The Morgan fingerprint density at radius 2 is 1.47 bits per heavy atom. The van der Waals surface area contributed by atoms with E-state index in [-0.39, 0.29) is 11.3 Å². The standard InChI is InChI=1S/C24H22O6/c1-27-22-13-12-18(14-23(22)28-2)20(25)16-30-24(26)19-10-6-7-11-21(19)29-15-17-8-4-3-5-9-17/h3-14H,15-16H2,1-2H3. The van der Waals surface area contributed by atoms with Gasteiger partial charge in [0.05, 0.1) is 14.2 Å². The number of Topliss-reactive ketones (excluding diaryl/α,β-unsaturated/α-hetero) is 1. The topological polar surface area (TPSA) is 71.1 Å². The van der Waals surface area contributed by atoms with E-state index in [1.54, 1.807) is 42.5 Å². The number of para-hydroxylation sites is 1. The minimum atomic E-state index is -0.632. The van der Waals surface area contributed by atoms with Gasteiger partial charge < -0.3 is 18.9 Å². The van der Waals surface area contributed by atoms with Gasteiger partial charge in [0.25, 0.3) is 0 Å². The summed E-state index contributed by atoms with van der Waals surface area (Å²) in [7, 11) is 3.00. The lowest BCUT2D eigenvalue weighted by Gasteiger charge is -2.12. The number of rotatable bonds is 9. The van der Waals surface area contributed by atoms with Crippen LogP contribution in [0.2, 0.25) is 0 Å². The van der Waals surface area contributed by atoms with Crippen LogP contribution in [0.4, 0.5) is 0 Å². The van der Waals surface area contributed by atoms with E-state index in [9.17, 15) is 9.59 Å². The van der Waals surface area contributed by atoms with Crippen LogP contribution in [0, 0.1) is 0 Å². The molecule has 154 valence electrons. The van der Waals surface area contributed by atoms with Crippen molar-refractivity contribution in [3.8, 4) is 17.2 Å². The van der Waals surface area contributed by atoms with Crippen molar-refractivity contribution in [1.82, 2.24) is 0 Å². The molecule has 0 saturated carbocycles. The van der Waals surface area contributed by atoms with E-state index >= 15 is 0 Å². The highest BCUT2D eigenvalue weighted by molar-refractivity contribution is 6.00. The predicted molar refractivity (Wildman–Crippen MR) is 111 cm³/mol. The van der Waals surface area contributed by atoms with Crippen molar-refractivity contribution < 1.29 is 28.5 Å². The number of carbonyl (C=O) groups excluding carboxylic acids is 2. The van der Waals surface area contributed by atoms with Crippen molar-refractivity contribution in [1.29, 1.82) is 0 Å². The fraction of sp³-hybridized carbons (Fsp3) is 0.167. The number of ketones is 1. The highest BCUT2D eigenvalue weighted by Gasteiger charge is 2.17. The summed E-state index contributed by atoms with van der Waals surface area (Å²) in [6.45, 7) is -0.0863. The maximum atomic E-state index is 12.5. The van der Waals surface area contributed by atoms with Crippen molar-refractivity contribution >= 4 is 11.8 Å². The molecule has 0 aliphatic rings. The van der Waals surface area contributed by atoms with E-state index in [0.717, 1.165) is 5.56 Å². The smallest absolute Gasteiger partial charge is 0.342 e. The Balaban J connectivity index is 1.64. The maximum absolute atomic E-state index is 12.5. The zero-order valence-corrected chi connectivity index (χ0v) is 16.8. The second kappa shape index (κ2) is 10.1. The Labute approximate surface area is 175 Å². The summed E-state index contributed by atoms with van der Waals surface area (Å²) >= 11 is 0. The lowest BCUT2D eigenvalue weighted by molar-refractivity contribution is 0.0470. The fourth-order valence-electron chi connectivity index (χ4n) is 2.80. The number of hydrogen-bond acceptors (Lipinski definition) is 6. The predicted octanol–water partition coefficient (Wildman–Crippen LogP) is 4.32. The van der Waals surface area contributed by atoms with Crippen LogP contribution in [0.5, 0.6) is 17.2 Å². The molecule has 3 rings (SSSR count). The molecule has 0 aliphatic carbocycles. The van der Waals surface area contributed by atoms with E-state index in [4.69, 9.17) is 18.9 Å². The highest BCUT2D eigenvalue weighted by Crippen LogP contribution is 2.28. The van der Waals surface area contributed by atoms with Gasteiger partial charge in [-0.1, -0.05) is 42.5 Å². The lowest BCUT2D eigenvalue weighted by Crippen LogP contribution is -2.15.